The van der Waals surface area contributed by atoms with Crippen molar-refractivity contribution in [1.29, 1.82) is 0 Å². The highest BCUT2D eigenvalue weighted by atomic mass is 32.2. The van der Waals surface area contributed by atoms with E-state index in [1.807, 2.05) is 36.5 Å². The van der Waals surface area contributed by atoms with Gasteiger partial charge in [0, 0.05) is 33.3 Å². The average Bonchev–Trinajstić information content (AvgIpc) is 3.09. The summed E-state index contributed by atoms with van der Waals surface area (Å²) in [6, 6.07) is 18.1. The maximum atomic E-state index is 12.2. The minimum absolute atomic E-state index is 0.397. The maximum absolute atomic E-state index is 12.2. The number of para-hydroxylation sites is 1. The molecule has 1 aliphatic heterocycles. The van der Waals surface area contributed by atoms with Crippen LogP contribution in [0.2, 0.25) is 0 Å². The first kappa shape index (κ1) is 16.8. The topological polar surface area (TPSA) is 72.8 Å². The second-order valence-corrected chi connectivity index (χ2v) is 7.41. The number of nitrogens with two attached hydrogens (primary N) is 1. The molecule has 0 atom stereocenters. The van der Waals surface area contributed by atoms with E-state index in [2.05, 4.69) is 35.6 Å². The Morgan fingerprint density at radius 2 is 1.82 bits per heavy atom. The molecule has 28 heavy (non-hydrogen) atoms. The lowest BCUT2D eigenvalue weighted by atomic mass is 9.97. The van der Waals surface area contributed by atoms with Crippen LogP contribution in [0.3, 0.4) is 0 Å². The third-order valence-corrected chi connectivity index (χ3v) is 5.72. The number of amides is 1. The highest BCUT2D eigenvalue weighted by molar-refractivity contribution is 7.98. The third-order valence-electron chi connectivity index (χ3n) is 4.97. The Labute approximate surface area is 165 Å². The van der Waals surface area contributed by atoms with E-state index in [9.17, 15) is 4.79 Å². The molecular weight excluding hydrogens is 368 g/mol. The summed E-state index contributed by atoms with van der Waals surface area (Å²) < 4.78 is 1.78. The number of rotatable bonds is 3. The second kappa shape index (κ2) is 6.35. The molecule has 0 saturated heterocycles. The molecule has 136 valence electrons. The molecule has 2 aromatic carbocycles. The van der Waals surface area contributed by atoms with Crippen molar-refractivity contribution in [3.63, 3.8) is 0 Å². The number of hydrogen-bond acceptors (Lipinski definition) is 4. The largest absolute Gasteiger partial charge is 0.366 e. The molecule has 1 aliphatic rings. The van der Waals surface area contributed by atoms with E-state index in [0.29, 0.717) is 5.56 Å². The zero-order chi connectivity index (χ0) is 19.3. The summed E-state index contributed by atoms with van der Waals surface area (Å²) in [5.41, 5.74) is 12.2. The van der Waals surface area contributed by atoms with Gasteiger partial charge in [-0.2, -0.15) is 5.10 Å². The van der Waals surface area contributed by atoms with E-state index in [1.54, 1.807) is 16.3 Å². The Morgan fingerprint density at radius 1 is 1.04 bits per heavy atom. The molecule has 2 N–H and O–H groups in total. The molecule has 0 fully saturated rings. The number of hydrogen-bond donors (Lipinski definition) is 1. The van der Waals surface area contributed by atoms with Gasteiger partial charge in [-0.15, -0.1) is 11.8 Å². The average molecular weight is 384 g/mol. The van der Waals surface area contributed by atoms with Crippen LogP contribution in [0.5, 0.6) is 0 Å². The molecule has 1 amide bonds. The van der Waals surface area contributed by atoms with Gasteiger partial charge in [0.25, 0.3) is 5.91 Å². The summed E-state index contributed by atoms with van der Waals surface area (Å²) in [7, 11) is 0. The molecule has 0 unspecified atom stereocenters. The molecule has 0 bridgehead atoms. The first-order valence-electron chi connectivity index (χ1n) is 8.80. The second-order valence-electron chi connectivity index (χ2n) is 6.53. The van der Waals surface area contributed by atoms with Crippen LogP contribution in [-0.4, -0.2) is 27.5 Å². The van der Waals surface area contributed by atoms with Crippen molar-refractivity contribution < 1.29 is 4.79 Å². The van der Waals surface area contributed by atoms with Gasteiger partial charge in [0.05, 0.1) is 28.7 Å². The van der Waals surface area contributed by atoms with Crippen molar-refractivity contribution in [2.45, 2.75) is 4.90 Å². The zero-order valence-corrected chi connectivity index (χ0v) is 15.9. The Balaban J connectivity index is 1.89. The van der Waals surface area contributed by atoms with E-state index >= 15 is 0 Å². The monoisotopic (exact) mass is 384 g/mol. The minimum Gasteiger partial charge on any atom is -0.366 e. The first-order chi connectivity index (χ1) is 13.7. The lowest BCUT2D eigenvalue weighted by molar-refractivity contribution is 0.100. The molecule has 0 saturated carbocycles. The van der Waals surface area contributed by atoms with Gasteiger partial charge in [0.1, 0.15) is 0 Å². The van der Waals surface area contributed by atoms with Crippen molar-refractivity contribution >= 4 is 34.6 Å². The molecule has 0 radical (unpaired) electrons. The minimum atomic E-state index is -0.500. The van der Waals surface area contributed by atoms with Crippen LogP contribution in [0.25, 0.3) is 16.6 Å². The van der Waals surface area contributed by atoms with Gasteiger partial charge in [-0.1, -0.05) is 30.3 Å². The summed E-state index contributed by atoms with van der Waals surface area (Å²) in [6.45, 7) is 0. The van der Waals surface area contributed by atoms with Crippen molar-refractivity contribution in [2.75, 3.05) is 6.26 Å². The Kier molecular flexibility index (Phi) is 3.80. The smallest absolute Gasteiger partial charge is 0.251 e. The summed E-state index contributed by atoms with van der Waals surface area (Å²) in [4.78, 5) is 18.3. The zero-order valence-electron chi connectivity index (χ0n) is 15.1. The van der Waals surface area contributed by atoms with E-state index in [1.165, 1.54) is 11.1 Å². The van der Waals surface area contributed by atoms with Gasteiger partial charge in [-0.25, -0.2) is 9.51 Å². The van der Waals surface area contributed by atoms with Gasteiger partial charge in [-0.3, -0.25) is 4.79 Å². The number of fused-ring (bicyclic) bond motifs is 2. The van der Waals surface area contributed by atoms with Gasteiger partial charge in [-0.05, 0) is 30.5 Å². The van der Waals surface area contributed by atoms with Crippen LogP contribution in [0, 0.1) is 0 Å². The SMILES string of the molecule is CSc1ccc(C2=Nc3ccccc3-c3c(C(N)=O)cnn4ccc2c34)cc1. The number of carbonyl (C=O) groups is 1. The van der Waals surface area contributed by atoms with Crippen molar-refractivity contribution in [1.82, 2.24) is 9.61 Å². The fraction of sp³-hybridized carbons (Fsp3) is 0.0455. The van der Waals surface area contributed by atoms with Crippen LogP contribution in [0.4, 0.5) is 5.69 Å². The highest BCUT2D eigenvalue weighted by Gasteiger charge is 2.25. The van der Waals surface area contributed by atoms with E-state index in [-0.39, 0.29) is 0 Å². The van der Waals surface area contributed by atoms with Crippen LogP contribution >= 0.6 is 11.8 Å². The van der Waals surface area contributed by atoms with E-state index < -0.39 is 5.91 Å². The van der Waals surface area contributed by atoms with Gasteiger partial charge < -0.3 is 5.73 Å². The third kappa shape index (κ3) is 2.46. The Hall–Kier alpha value is -3.38. The van der Waals surface area contributed by atoms with E-state index in [4.69, 9.17) is 10.7 Å². The fourth-order valence-corrected chi connectivity index (χ4v) is 4.07. The number of benzene rings is 2. The highest BCUT2D eigenvalue weighted by Crippen LogP contribution is 2.40. The summed E-state index contributed by atoms with van der Waals surface area (Å²) in [5.74, 6) is -0.500. The number of aromatic nitrogens is 2. The molecular formula is C22H16N4OS. The van der Waals surface area contributed by atoms with Crippen molar-refractivity contribution in [3.8, 4) is 11.1 Å². The summed E-state index contributed by atoms with van der Waals surface area (Å²) in [6.07, 6.45) is 5.47. The number of primary amides is 1. The van der Waals surface area contributed by atoms with Crippen LogP contribution in [-0.2, 0) is 0 Å². The van der Waals surface area contributed by atoms with Gasteiger partial charge in [0.15, 0.2) is 0 Å². The van der Waals surface area contributed by atoms with Gasteiger partial charge >= 0.3 is 0 Å². The molecule has 6 heteroatoms. The molecule has 3 heterocycles. The predicted molar refractivity (Wildman–Crippen MR) is 113 cm³/mol. The molecule has 5 rings (SSSR count). The fourth-order valence-electron chi connectivity index (χ4n) is 3.66. The molecule has 4 aromatic rings. The molecule has 2 aromatic heterocycles. The molecule has 5 nitrogen and oxygen atoms in total. The van der Waals surface area contributed by atoms with Crippen LogP contribution < -0.4 is 5.73 Å². The molecule has 0 aliphatic carbocycles. The first-order valence-corrected chi connectivity index (χ1v) is 10.0. The summed E-state index contributed by atoms with van der Waals surface area (Å²) >= 11 is 1.70. The number of aliphatic imine (C=N–C) groups is 1. The number of thioether (sulfide) groups is 1. The maximum Gasteiger partial charge on any atom is 0.251 e. The number of nitrogens with zero attached hydrogens (tertiary/aromatic N) is 3. The Morgan fingerprint density at radius 3 is 2.57 bits per heavy atom. The van der Waals surface area contributed by atoms with Crippen LogP contribution in [0.1, 0.15) is 21.5 Å². The Bertz CT molecular complexity index is 1270. The molecule has 0 spiro atoms. The van der Waals surface area contributed by atoms with Crippen molar-refractivity contribution in [3.05, 3.63) is 83.7 Å². The van der Waals surface area contributed by atoms with Gasteiger partial charge in [0.2, 0.25) is 0 Å². The van der Waals surface area contributed by atoms with Crippen molar-refractivity contribution in [2.24, 2.45) is 10.7 Å². The quantitative estimate of drug-likeness (QED) is 0.471. The lowest BCUT2D eigenvalue weighted by Gasteiger charge is -2.10. The lowest BCUT2D eigenvalue weighted by Crippen LogP contribution is -2.14. The standard InChI is InChI=1S/C22H16N4OS/c1-28-14-8-6-13(7-9-14)20-16-10-11-26-21(16)19(17(12-24-26)22(23)27)15-4-2-3-5-18(15)25-20/h2-12H,1H3,(H2,23,27). The predicted octanol–water partition coefficient (Wildman–Crippen LogP) is 4.30. The van der Waals surface area contributed by atoms with E-state index in [0.717, 1.165) is 39.2 Å². The van der Waals surface area contributed by atoms with Crippen LogP contribution in [0.15, 0.2) is 76.9 Å². The summed E-state index contributed by atoms with van der Waals surface area (Å²) in [5, 5.41) is 4.39. The normalized spacial score (nSPS) is 12.4. The number of carbonyl (C=O) groups excluding carboxylic acids is 1.